The summed E-state index contributed by atoms with van der Waals surface area (Å²) in [5, 5.41) is 3.51. The second-order valence-electron chi connectivity index (χ2n) is 4.54. The molecule has 0 amide bonds. The minimum atomic E-state index is 0.553. The summed E-state index contributed by atoms with van der Waals surface area (Å²) in [5.41, 5.74) is 2.55. The Morgan fingerprint density at radius 2 is 1.93 bits per heavy atom. The molecule has 0 spiro atoms. The van der Waals surface area contributed by atoms with Crippen LogP contribution < -0.4 is 5.32 Å². The average molecular weight is 191 g/mol. The molecular formula is C13H21N. The minimum Gasteiger partial charge on any atom is -0.383 e. The lowest BCUT2D eigenvalue weighted by molar-refractivity contribution is 0.540. The molecule has 1 aromatic carbocycles. The van der Waals surface area contributed by atoms with Crippen LogP contribution in [0.15, 0.2) is 24.3 Å². The van der Waals surface area contributed by atoms with E-state index in [9.17, 15) is 0 Å². The summed E-state index contributed by atoms with van der Waals surface area (Å²) in [7, 11) is 0. The number of aryl methyl sites for hydroxylation is 1. The maximum Gasteiger partial charge on any atom is 0.0344 e. The Balaban J connectivity index is 2.51. The molecule has 14 heavy (non-hydrogen) atoms. The van der Waals surface area contributed by atoms with Crippen molar-refractivity contribution in [3.05, 3.63) is 29.8 Å². The summed E-state index contributed by atoms with van der Waals surface area (Å²) in [6, 6.07) is 9.09. The van der Waals surface area contributed by atoms with E-state index in [1.807, 2.05) is 0 Å². The average Bonchev–Trinajstić information content (AvgIpc) is 2.01. The van der Waals surface area contributed by atoms with Crippen molar-refractivity contribution in [2.75, 3.05) is 5.32 Å². The third kappa shape index (κ3) is 3.82. The first-order valence-electron chi connectivity index (χ1n) is 5.41. The smallest absolute Gasteiger partial charge is 0.0344 e. The van der Waals surface area contributed by atoms with Gasteiger partial charge in [0.25, 0.3) is 0 Å². The summed E-state index contributed by atoms with van der Waals surface area (Å²) < 4.78 is 0. The molecule has 0 bridgehead atoms. The fourth-order valence-electron chi connectivity index (χ4n) is 1.79. The summed E-state index contributed by atoms with van der Waals surface area (Å²) >= 11 is 0. The molecule has 0 radical (unpaired) electrons. The lowest BCUT2D eigenvalue weighted by Crippen LogP contribution is -2.17. The second-order valence-corrected chi connectivity index (χ2v) is 4.54. The maximum atomic E-state index is 3.51. The first-order chi connectivity index (χ1) is 6.58. The molecule has 0 heterocycles. The topological polar surface area (TPSA) is 12.0 Å². The second kappa shape index (κ2) is 5.04. The van der Waals surface area contributed by atoms with Crippen LogP contribution in [0.25, 0.3) is 0 Å². The zero-order chi connectivity index (χ0) is 10.6. The molecule has 1 aromatic rings. The van der Waals surface area contributed by atoms with Crippen molar-refractivity contribution in [1.82, 2.24) is 0 Å². The van der Waals surface area contributed by atoms with E-state index < -0.39 is 0 Å². The summed E-state index contributed by atoms with van der Waals surface area (Å²) in [5.74, 6) is 0.752. The number of hydrogen-bond donors (Lipinski definition) is 1. The zero-order valence-electron chi connectivity index (χ0n) is 9.67. The third-order valence-electron chi connectivity index (χ3n) is 2.26. The van der Waals surface area contributed by atoms with E-state index in [0.717, 1.165) is 5.92 Å². The van der Waals surface area contributed by atoms with E-state index in [-0.39, 0.29) is 0 Å². The van der Waals surface area contributed by atoms with Gasteiger partial charge in [0.2, 0.25) is 0 Å². The number of hydrogen-bond acceptors (Lipinski definition) is 1. The van der Waals surface area contributed by atoms with Gasteiger partial charge in [-0.1, -0.05) is 26.0 Å². The predicted molar refractivity (Wildman–Crippen MR) is 63.7 cm³/mol. The van der Waals surface area contributed by atoms with Gasteiger partial charge in [0.05, 0.1) is 0 Å². The molecular weight excluding hydrogens is 170 g/mol. The van der Waals surface area contributed by atoms with Crippen LogP contribution in [0.3, 0.4) is 0 Å². The van der Waals surface area contributed by atoms with Crippen LogP contribution >= 0.6 is 0 Å². The number of rotatable bonds is 4. The monoisotopic (exact) mass is 191 g/mol. The molecule has 1 unspecified atom stereocenters. The van der Waals surface area contributed by atoms with Crippen molar-refractivity contribution in [3.63, 3.8) is 0 Å². The molecule has 0 aromatic heterocycles. The normalized spacial score (nSPS) is 12.9. The number of nitrogens with one attached hydrogen (secondary N) is 1. The minimum absolute atomic E-state index is 0.553. The lowest BCUT2D eigenvalue weighted by Gasteiger charge is -2.17. The van der Waals surface area contributed by atoms with E-state index >= 15 is 0 Å². The molecule has 1 N–H and O–H groups in total. The Kier molecular flexibility index (Phi) is 3.99. The Morgan fingerprint density at radius 1 is 1.21 bits per heavy atom. The lowest BCUT2D eigenvalue weighted by atomic mass is 10.0. The van der Waals surface area contributed by atoms with Crippen LogP contribution in [0, 0.1) is 12.8 Å². The van der Waals surface area contributed by atoms with E-state index in [4.69, 9.17) is 0 Å². The van der Waals surface area contributed by atoms with Gasteiger partial charge in [0, 0.05) is 11.7 Å². The van der Waals surface area contributed by atoms with Gasteiger partial charge in [-0.05, 0) is 43.9 Å². The molecule has 0 aliphatic rings. The van der Waals surface area contributed by atoms with Crippen molar-refractivity contribution in [1.29, 1.82) is 0 Å². The quantitative estimate of drug-likeness (QED) is 0.762. The van der Waals surface area contributed by atoms with Crippen LogP contribution in [-0.4, -0.2) is 6.04 Å². The van der Waals surface area contributed by atoms with E-state index in [1.165, 1.54) is 17.7 Å². The predicted octanol–water partition coefficient (Wildman–Crippen LogP) is 3.84. The van der Waals surface area contributed by atoms with Gasteiger partial charge in [-0.25, -0.2) is 0 Å². The molecule has 0 aliphatic heterocycles. The van der Waals surface area contributed by atoms with Crippen molar-refractivity contribution in [2.24, 2.45) is 5.92 Å². The highest BCUT2D eigenvalue weighted by Crippen LogP contribution is 2.14. The van der Waals surface area contributed by atoms with Gasteiger partial charge in [0.1, 0.15) is 0 Å². The largest absolute Gasteiger partial charge is 0.383 e. The van der Waals surface area contributed by atoms with Gasteiger partial charge < -0.3 is 5.32 Å². The Labute approximate surface area is 87.5 Å². The van der Waals surface area contributed by atoms with Crippen molar-refractivity contribution in [3.8, 4) is 0 Å². The molecule has 0 saturated heterocycles. The molecule has 78 valence electrons. The molecule has 0 aliphatic carbocycles. The number of anilines is 1. The summed E-state index contributed by atoms with van der Waals surface area (Å²) in [6.45, 7) is 8.88. The first-order valence-corrected chi connectivity index (χ1v) is 5.41. The van der Waals surface area contributed by atoms with Crippen molar-refractivity contribution in [2.45, 2.75) is 40.2 Å². The maximum absolute atomic E-state index is 3.51. The van der Waals surface area contributed by atoms with E-state index in [0.29, 0.717) is 6.04 Å². The molecule has 0 fully saturated rings. The highest BCUT2D eigenvalue weighted by molar-refractivity contribution is 5.45. The van der Waals surface area contributed by atoms with E-state index in [1.54, 1.807) is 0 Å². The van der Waals surface area contributed by atoms with Gasteiger partial charge in [-0.3, -0.25) is 0 Å². The van der Waals surface area contributed by atoms with Gasteiger partial charge >= 0.3 is 0 Å². The van der Waals surface area contributed by atoms with Crippen LogP contribution in [0.2, 0.25) is 0 Å². The summed E-state index contributed by atoms with van der Waals surface area (Å²) in [4.78, 5) is 0. The molecule has 0 saturated carbocycles. The number of benzene rings is 1. The third-order valence-corrected chi connectivity index (χ3v) is 2.26. The van der Waals surface area contributed by atoms with Crippen LogP contribution in [0.5, 0.6) is 0 Å². The zero-order valence-corrected chi connectivity index (χ0v) is 9.67. The fraction of sp³-hybridized carbons (Fsp3) is 0.538. The van der Waals surface area contributed by atoms with E-state index in [2.05, 4.69) is 57.3 Å². The van der Waals surface area contributed by atoms with Crippen molar-refractivity contribution >= 4 is 5.69 Å². The van der Waals surface area contributed by atoms with Gasteiger partial charge in [0.15, 0.2) is 0 Å². The first kappa shape index (κ1) is 11.1. The van der Waals surface area contributed by atoms with Crippen molar-refractivity contribution < 1.29 is 0 Å². The molecule has 1 rings (SSSR count). The molecule has 1 nitrogen and oxygen atoms in total. The van der Waals surface area contributed by atoms with Gasteiger partial charge in [-0.15, -0.1) is 0 Å². The molecule has 1 heteroatoms. The van der Waals surface area contributed by atoms with Crippen LogP contribution in [0.1, 0.15) is 32.8 Å². The highest BCUT2D eigenvalue weighted by Gasteiger charge is 2.04. The highest BCUT2D eigenvalue weighted by atomic mass is 14.9. The Morgan fingerprint density at radius 3 is 2.50 bits per heavy atom. The summed E-state index contributed by atoms with van der Waals surface area (Å²) in [6.07, 6.45) is 1.22. The molecule has 1 atom stereocenters. The standard InChI is InChI=1S/C13H21N/c1-10(2)8-12(4)14-13-7-5-6-11(3)9-13/h5-7,9-10,12,14H,8H2,1-4H3. The van der Waals surface area contributed by atoms with Gasteiger partial charge in [-0.2, -0.15) is 0 Å². The Bertz CT molecular complexity index is 278. The van der Waals surface area contributed by atoms with Crippen LogP contribution in [0.4, 0.5) is 5.69 Å². The SMILES string of the molecule is Cc1cccc(NC(C)CC(C)C)c1. The Hall–Kier alpha value is -0.980. The van der Waals surface area contributed by atoms with Crippen LogP contribution in [-0.2, 0) is 0 Å². The fourth-order valence-corrected chi connectivity index (χ4v) is 1.79.